The van der Waals surface area contributed by atoms with Crippen LogP contribution in [0.2, 0.25) is 0 Å². The van der Waals surface area contributed by atoms with Gasteiger partial charge in [-0.05, 0) is 37.8 Å². The van der Waals surface area contributed by atoms with Crippen LogP contribution in [-0.2, 0) is 5.60 Å². The average Bonchev–Trinajstić information content (AvgIpc) is 2.84. The molecular formula is C13H14O2. The third kappa shape index (κ3) is 1.37. The van der Waals surface area contributed by atoms with E-state index in [1.165, 1.54) is 0 Å². The molecule has 0 spiro atoms. The first-order valence-electron chi connectivity index (χ1n) is 5.49. The molecule has 1 heterocycles. The van der Waals surface area contributed by atoms with Crippen molar-refractivity contribution in [3.8, 4) is 0 Å². The van der Waals surface area contributed by atoms with Crippen LogP contribution in [0.1, 0.15) is 31.4 Å². The van der Waals surface area contributed by atoms with Gasteiger partial charge in [0.1, 0.15) is 16.9 Å². The van der Waals surface area contributed by atoms with E-state index < -0.39 is 5.60 Å². The minimum Gasteiger partial charge on any atom is -0.458 e. The third-order valence-electron chi connectivity index (χ3n) is 3.31. The van der Waals surface area contributed by atoms with E-state index in [1.54, 1.807) is 0 Å². The Kier molecular flexibility index (Phi) is 1.86. The van der Waals surface area contributed by atoms with Crippen molar-refractivity contribution in [1.82, 2.24) is 0 Å². The molecule has 0 amide bonds. The Morgan fingerprint density at radius 2 is 1.87 bits per heavy atom. The van der Waals surface area contributed by atoms with E-state index in [0.717, 1.165) is 42.4 Å². The van der Waals surface area contributed by atoms with Gasteiger partial charge in [0.15, 0.2) is 0 Å². The molecule has 0 bridgehead atoms. The highest BCUT2D eigenvalue weighted by Gasteiger charge is 2.36. The minimum atomic E-state index is -0.709. The molecule has 1 saturated carbocycles. The summed E-state index contributed by atoms with van der Waals surface area (Å²) in [6.07, 6.45) is 3.83. The molecule has 1 aromatic carbocycles. The van der Waals surface area contributed by atoms with Crippen LogP contribution in [0.25, 0.3) is 11.0 Å². The maximum atomic E-state index is 10.4. The number of fused-ring (bicyclic) bond motifs is 1. The number of benzene rings is 1. The third-order valence-corrected chi connectivity index (χ3v) is 3.31. The predicted octanol–water partition coefficient (Wildman–Crippen LogP) is 3.19. The molecule has 2 heteroatoms. The minimum absolute atomic E-state index is 0.709. The summed E-state index contributed by atoms with van der Waals surface area (Å²) < 4.78 is 5.70. The summed E-state index contributed by atoms with van der Waals surface area (Å²) in [5.41, 5.74) is 0.159. The van der Waals surface area contributed by atoms with Gasteiger partial charge in [-0.3, -0.25) is 0 Å². The number of hydrogen-bond donors (Lipinski definition) is 1. The van der Waals surface area contributed by atoms with E-state index in [1.807, 2.05) is 30.3 Å². The topological polar surface area (TPSA) is 33.4 Å². The van der Waals surface area contributed by atoms with Gasteiger partial charge in [-0.2, -0.15) is 0 Å². The Labute approximate surface area is 88.5 Å². The van der Waals surface area contributed by atoms with Crippen molar-refractivity contribution in [2.24, 2.45) is 0 Å². The number of rotatable bonds is 1. The monoisotopic (exact) mass is 202 g/mol. The molecule has 0 aliphatic heterocycles. The highest BCUT2D eigenvalue weighted by Crippen LogP contribution is 2.40. The molecule has 0 unspecified atom stereocenters. The fourth-order valence-corrected chi connectivity index (χ4v) is 2.42. The maximum absolute atomic E-state index is 10.4. The Balaban J connectivity index is 2.11. The van der Waals surface area contributed by atoms with Crippen molar-refractivity contribution in [3.63, 3.8) is 0 Å². The summed E-state index contributed by atoms with van der Waals surface area (Å²) in [4.78, 5) is 0. The molecule has 15 heavy (non-hydrogen) atoms. The number of aliphatic hydroxyl groups is 1. The van der Waals surface area contributed by atoms with Crippen LogP contribution in [-0.4, -0.2) is 5.11 Å². The maximum Gasteiger partial charge on any atom is 0.136 e. The van der Waals surface area contributed by atoms with Crippen LogP contribution < -0.4 is 0 Å². The summed E-state index contributed by atoms with van der Waals surface area (Å²) in [6, 6.07) is 9.87. The fraction of sp³-hybridized carbons (Fsp3) is 0.385. The summed E-state index contributed by atoms with van der Waals surface area (Å²) in [7, 11) is 0. The fourth-order valence-electron chi connectivity index (χ4n) is 2.42. The Bertz CT molecular complexity index is 445. The van der Waals surface area contributed by atoms with Gasteiger partial charge in [0.05, 0.1) is 0 Å². The van der Waals surface area contributed by atoms with E-state index in [9.17, 15) is 5.11 Å². The van der Waals surface area contributed by atoms with Gasteiger partial charge >= 0.3 is 0 Å². The van der Waals surface area contributed by atoms with Crippen LogP contribution in [0.15, 0.2) is 34.7 Å². The summed E-state index contributed by atoms with van der Waals surface area (Å²) >= 11 is 0. The molecule has 3 rings (SSSR count). The predicted molar refractivity (Wildman–Crippen MR) is 58.6 cm³/mol. The van der Waals surface area contributed by atoms with Gasteiger partial charge in [-0.1, -0.05) is 18.2 Å². The zero-order chi connectivity index (χ0) is 10.3. The van der Waals surface area contributed by atoms with Gasteiger partial charge in [-0.15, -0.1) is 0 Å². The molecular weight excluding hydrogens is 188 g/mol. The zero-order valence-electron chi connectivity index (χ0n) is 8.57. The lowest BCUT2D eigenvalue weighted by atomic mass is 9.99. The normalized spacial score (nSPS) is 19.8. The van der Waals surface area contributed by atoms with Crippen LogP contribution in [0, 0.1) is 0 Å². The van der Waals surface area contributed by atoms with Crippen LogP contribution >= 0.6 is 0 Å². The first kappa shape index (κ1) is 8.98. The molecule has 1 aliphatic carbocycles. The van der Waals surface area contributed by atoms with Gasteiger partial charge in [0, 0.05) is 5.39 Å². The molecule has 78 valence electrons. The molecule has 1 N–H and O–H groups in total. The second-order valence-corrected chi connectivity index (χ2v) is 4.39. The molecule has 0 atom stereocenters. The van der Waals surface area contributed by atoms with E-state index in [2.05, 4.69) is 0 Å². The summed E-state index contributed by atoms with van der Waals surface area (Å²) in [5, 5.41) is 11.4. The quantitative estimate of drug-likeness (QED) is 0.770. The molecule has 2 aromatic rings. The number of hydrogen-bond acceptors (Lipinski definition) is 2. The van der Waals surface area contributed by atoms with E-state index in [-0.39, 0.29) is 0 Å². The second kappa shape index (κ2) is 3.11. The van der Waals surface area contributed by atoms with Crippen LogP contribution in [0.5, 0.6) is 0 Å². The van der Waals surface area contributed by atoms with Gasteiger partial charge in [-0.25, -0.2) is 0 Å². The SMILES string of the molecule is OC1(c2cc3ccccc3o2)CCCC1. The van der Waals surface area contributed by atoms with Gasteiger partial charge in [0.25, 0.3) is 0 Å². The lowest BCUT2D eigenvalue weighted by Gasteiger charge is -2.18. The Morgan fingerprint density at radius 3 is 2.60 bits per heavy atom. The molecule has 0 saturated heterocycles. The summed E-state index contributed by atoms with van der Waals surface area (Å²) in [6.45, 7) is 0. The van der Waals surface area contributed by atoms with Crippen LogP contribution in [0.3, 0.4) is 0 Å². The molecule has 2 nitrogen and oxygen atoms in total. The number of furan rings is 1. The van der Waals surface area contributed by atoms with Gasteiger partial charge in [0.2, 0.25) is 0 Å². The van der Waals surface area contributed by atoms with E-state index >= 15 is 0 Å². The van der Waals surface area contributed by atoms with Crippen molar-refractivity contribution >= 4 is 11.0 Å². The first-order valence-corrected chi connectivity index (χ1v) is 5.49. The zero-order valence-corrected chi connectivity index (χ0v) is 8.57. The van der Waals surface area contributed by atoms with Crippen molar-refractivity contribution in [2.75, 3.05) is 0 Å². The van der Waals surface area contributed by atoms with Crippen molar-refractivity contribution in [3.05, 3.63) is 36.1 Å². The van der Waals surface area contributed by atoms with E-state index in [4.69, 9.17) is 4.42 Å². The summed E-state index contributed by atoms with van der Waals surface area (Å²) in [5.74, 6) is 0.737. The van der Waals surface area contributed by atoms with Crippen LogP contribution in [0.4, 0.5) is 0 Å². The number of para-hydroxylation sites is 1. The Hall–Kier alpha value is -1.28. The average molecular weight is 202 g/mol. The second-order valence-electron chi connectivity index (χ2n) is 4.39. The highest BCUT2D eigenvalue weighted by atomic mass is 16.4. The van der Waals surface area contributed by atoms with Crippen molar-refractivity contribution in [2.45, 2.75) is 31.3 Å². The standard InChI is InChI=1S/C13H14O2/c14-13(7-3-4-8-13)12-9-10-5-1-2-6-11(10)15-12/h1-2,5-6,9,14H,3-4,7-8H2. The van der Waals surface area contributed by atoms with Gasteiger partial charge < -0.3 is 9.52 Å². The lowest BCUT2D eigenvalue weighted by Crippen LogP contribution is -2.19. The van der Waals surface area contributed by atoms with Crippen molar-refractivity contribution in [1.29, 1.82) is 0 Å². The Morgan fingerprint density at radius 1 is 1.13 bits per heavy atom. The molecule has 1 aromatic heterocycles. The molecule has 1 aliphatic rings. The smallest absolute Gasteiger partial charge is 0.136 e. The first-order chi connectivity index (χ1) is 7.28. The van der Waals surface area contributed by atoms with E-state index in [0.29, 0.717) is 0 Å². The highest BCUT2D eigenvalue weighted by molar-refractivity contribution is 5.77. The largest absolute Gasteiger partial charge is 0.458 e. The van der Waals surface area contributed by atoms with Crippen molar-refractivity contribution < 1.29 is 9.52 Å². The molecule has 0 radical (unpaired) electrons. The lowest BCUT2D eigenvalue weighted by molar-refractivity contribution is 0.0235. The molecule has 1 fully saturated rings.